The maximum absolute atomic E-state index is 12.9. The van der Waals surface area contributed by atoms with Crippen molar-refractivity contribution in [3.05, 3.63) is 0 Å². The van der Waals surface area contributed by atoms with E-state index in [0.29, 0.717) is 18.8 Å². The van der Waals surface area contributed by atoms with Crippen molar-refractivity contribution in [3.63, 3.8) is 0 Å². The topological polar surface area (TPSA) is 104 Å². The molecule has 0 bridgehead atoms. The number of hydrogen-bond acceptors (Lipinski definition) is 4. The molecule has 0 radical (unpaired) electrons. The highest BCUT2D eigenvalue weighted by Gasteiger charge is 2.30. The van der Waals surface area contributed by atoms with E-state index in [9.17, 15) is 14.7 Å². The van der Waals surface area contributed by atoms with E-state index < -0.39 is 18.2 Å². The van der Waals surface area contributed by atoms with E-state index in [4.69, 9.17) is 5.73 Å². The van der Waals surface area contributed by atoms with Gasteiger partial charge in [-0.25, -0.2) is 0 Å². The summed E-state index contributed by atoms with van der Waals surface area (Å²) in [5.41, 5.74) is 5.92. The van der Waals surface area contributed by atoms with Crippen LogP contribution in [0.4, 0.5) is 0 Å². The van der Waals surface area contributed by atoms with E-state index in [1.54, 1.807) is 0 Å². The molecule has 0 saturated carbocycles. The first-order valence-electron chi connectivity index (χ1n) is 11.1. The van der Waals surface area contributed by atoms with Crippen LogP contribution in [0.15, 0.2) is 0 Å². The largest absolute Gasteiger partial charge is 0.391 e. The molecule has 0 aromatic rings. The molecule has 6 nitrogen and oxygen atoms in total. The van der Waals surface area contributed by atoms with Crippen molar-refractivity contribution in [2.24, 2.45) is 23.5 Å². The molecule has 5 N–H and O–H groups in total. The van der Waals surface area contributed by atoms with Gasteiger partial charge in [0.2, 0.25) is 11.8 Å². The number of unbranched alkanes of at least 4 members (excludes halogenated alkanes) is 3. The van der Waals surface area contributed by atoms with Crippen molar-refractivity contribution in [3.8, 4) is 0 Å². The number of carbonyl (C=O) groups is 2. The SMILES string of the molecule is CCCCCCC(O)[C@H](CC(C)C)NC(=O)[C@@H](NC(=O)[C@@H](N)C(C)C)C(C)C. The Morgan fingerprint density at radius 2 is 1.50 bits per heavy atom. The fourth-order valence-electron chi connectivity index (χ4n) is 3.16. The minimum Gasteiger partial charge on any atom is -0.391 e. The normalized spacial score (nSPS) is 16.1. The van der Waals surface area contributed by atoms with Crippen LogP contribution >= 0.6 is 0 Å². The Labute approximate surface area is 172 Å². The van der Waals surface area contributed by atoms with Crippen LogP contribution in [0.25, 0.3) is 0 Å². The van der Waals surface area contributed by atoms with Crippen LogP contribution in [0.1, 0.15) is 87.0 Å². The smallest absolute Gasteiger partial charge is 0.243 e. The monoisotopic (exact) mass is 399 g/mol. The summed E-state index contributed by atoms with van der Waals surface area (Å²) >= 11 is 0. The minimum atomic E-state index is -0.667. The highest BCUT2D eigenvalue weighted by atomic mass is 16.3. The summed E-state index contributed by atoms with van der Waals surface area (Å²) in [6, 6.07) is -1.63. The van der Waals surface area contributed by atoms with Crippen molar-refractivity contribution in [1.29, 1.82) is 0 Å². The van der Waals surface area contributed by atoms with Crippen molar-refractivity contribution in [2.45, 2.75) is 111 Å². The summed E-state index contributed by atoms with van der Waals surface area (Å²) in [6.07, 6.45) is 5.15. The quantitative estimate of drug-likeness (QED) is 0.337. The number of carbonyl (C=O) groups excluding carboxylic acids is 2. The van der Waals surface area contributed by atoms with Crippen molar-refractivity contribution < 1.29 is 14.7 Å². The Bertz CT molecular complexity index is 452. The highest BCUT2D eigenvalue weighted by Crippen LogP contribution is 2.15. The molecule has 0 aliphatic heterocycles. The molecular formula is C22H45N3O3. The third-order valence-corrected chi connectivity index (χ3v) is 5.14. The average Bonchev–Trinajstić information content (AvgIpc) is 2.60. The van der Waals surface area contributed by atoms with E-state index in [2.05, 4.69) is 31.4 Å². The number of hydrogen-bond donors (Lipinski definition) is 4. The third-order valence-electron chi connectivity index (χ3n) is 5.14. The molecule has 4 atom stereocenters. The Morgan fingerprint density at radius 3 is 1.96 bits per heavy atom. The van der Waals surface area contributed by atoms with E-state index in [1.165, 1.54) is 0 Å². The van der Waals surface area contributed by atoms with Gasteiger partial charge < -0.3 is 21.5 Å². The molecule has 0 spiro atoms. The van der Waals surface area contributed by atoms with Gasteiger partial charge in [0.05, 0.1) is 18.2 Å². The predicted octanol–water partition coefficient (Wildman–Crippen LogP) is 2.97. The molecule has 2 amide bonds. The van der Waals surface area contributed by atoms with Gasteiger partial charge in [-0.1, -0.05) is 74.1 Å². The first-order chi connectivity index (χ1) is 13.0. The van der Waals surface area contributed by atoms with Crippen LogP contribution in [0.5, 0.6) is 0 Å². The van der Waals surface area contributed by atoms with Crippen LogP contribution in [0, 0.1) is 17.8 Å². The molecule has 0 aliphatic carbocycles. The second kappa shape index (κ2) is 13.9. The molecule has 0 aromatic heterocycles. The van der Waals surface area contributed by atoms with Gasteiger partial charge >= 0.3 is 0 Å². The second-order valence-corrected chi connectivity index (χ2v) is 9.16. The number of nitrogens with two attached hydrogens (primary N) is 1. The molecule has 166 valence electrons. The zero-order valence-corrected chi connectivity index (χ0v) is 19.1. The highest BCUT2D eigenvalue weighted by molar-refractivity contribution is 5.90. The Hall–Kier alpha value is -1.14. The van der Waals surface area contributed by atoms with E-state index in [0.717, 1.165) is 25.7 Å². The molecule has 0 heterocycles. The summed E-state index contributed by atoms with van der Waals surface area (Å²) in [5.74, 6) is -0.307. The molecule has 0 aliphatic rings. The Balaban J connectivity index is 5.03. The summed E-state index contributed by atoms with van der Waals surface area (Å²) < 4.78 is 0. The first-order valence-corrected chi connectivity index (χ1v) is 11.1. The second-order valence-electron chi connectivity index (χ2n) is 9.16. The van der Waals surface area contributed by atoms with Gasteiger partial charge in [0.15, 0.2) is 0 Å². The molecule has 0 rings (SSSR count). The molecular weight excluding hydrogens is 354 g/mol. The minimum absolute atomic E-state index is 0.00509. The van der Waals surface area contributed by atoms with Crippen LogP contribution in [-0.4, -0.2) is 41.2 Å². The third kappa shape index (κ3) is 10.4. The summed E-state index contributed by atoms with van der Waals surface area (Å²) in [7, 11) is 0. The first kappa shape index (κ1) is 26.9. The van der Waals surface area contributed by atoms with Crippen LogP contribution in [-0.2, 0) is 9.59 Å². The van der Waals surface area contributed by atoms with Crippen LogP contribution in [0.2, 0.25) is 0 Å². The fraction of sp³-hybridized carbons (Fsp3) is 0.909. The summed E-state index contributed by atoms with van der Waals surface area (Å²) in [4.78, 5) is 25.2. The number of amides is 2. The van der Waals surface area contributed by atoms with E-state index in [-0.39, 0.29) is 29.7 Å². The van der Waals surface area contributed by atoms with Gasteiger partial charge in [0.25, 0.3) is 0 Å². The standard InChI is InChI=1S/C22H45N3O3/c1-8-9-10-11-12-18(26)17(13-14(2)3)24-22(28)20(16(6)7)25-21(27)19(23)15(4)5/h14-20,26H,8-13,23H2,1-7H3,(H,24,28)(H,25,27)/t17-,18?,19-,20-/m0/s1. The number of nitrogens with one attached hydrogen (secondary N) is 2. The molecule has 0 aromatic carbocycles. The maximum Gasteiger partial charge on any atom is 0.243 e. The summed E-state index contributed by atoms with van der Waals surface area (Å²) in [5, 5.41) is 16.4. The van der Waals surface area contributed by atoms with Crippen molar-refractivity contribution in [1.82, 2.24) is 10.6 Å². The van der Waals surface area contributed by atoms with Crippen molar-refractivity contribution in [2.75, 3.05) is 0 Å². The molecule has 0 fully saturated rings. The van der Waals surface area contributed by atoms with Gasteiger partial charge in [-0.15, -0.1) is 0 Å². The lowest BCUT2D eigenvalue weighted by molar-refractivity contribution is -0.132. The van der Waals surface area contributed by atoms with Crippen LogP contribution < -0.4 is 16.4 Å². The molecule has 0 saturated heterocycles. The number of aliphatic hydroxyl groups is 1. The average molecular weight is 400 g/mol. The Morgan fingerprint density at radius 1 is 0.893 bits per heavy atom. The lowest BCUT2D eigenvalue weighted by Crippen LogP contribution is -2.57. The number of rotatable bonds is 14. The van der Waals surface area contributed by atoms with Gasteiger partial charge in [-0.05, 0) is 30.6 Å². The lowest BCUT2D eigenvalue weighted by Gasteiger charge is -2.30. The molecule has 6 heteroatoms. The Kier molecular flexibility index (Phi) is 13.4. The molecule has 28 heavy (non-hydrogen) atoms. The van der Waals surface area contributed by atoms with Gasteiger partial charge in [0, 0.05) is 0 Å². The maximum atomic E-state index is 12.9. The van der Waals surface area contributed by atoms with Gasteiger partial charge in [0.1, 0.15) is 6.04 Å². The number of aliphatic hydroxyl groups excluding tert-OH is 1. The zero-order chi connectivity index (χ0) is 21.9. The summed E-state index contributed by atoms with van der Waals surface area (Å²) in [6.45, 7) is 13.8. The molecule has 1 unspecified atom stereocenters. The van der Waals surface area contributed by atoms with E-state index in [1.807, 2.05) is 27.7 Å². The lowest BCUT2D eigenvalue weighted by atomic mass is 9.94. The zero-order valence-electron chi connectivity index (χ0n) is 19.1. The van der Waals surface area contributed by atoms with Gasteiger partial charge in [-0.2, -0.15) is 0 Å². The van der Waals surface area contributed by atoms with Crippen LogP contribution in [0.3, 0.4) is 0 Å². The van der Waals surface area contributed by atoms with Gasteiger partial charge in [-0.3, -0.25) is 9.59 Å². The van der Waals surface area contributed by atoms with E-state index >= 15 is 0 Å². The fourth-order valence-corrected chi connectivity index (χ4v) is 3.16. The predicted molar refractivity (Wildman–Crippen MR) is 116 cm³/mol. The van der Waals surface area contributed by atoms with Crippen molar-refractivity contribution >= 4 is 11.8 Å².